The molecule has 0 bridgehead atoms. The van der Waals surface area contributed by atoms with E-state index >= 15 is 0 Å². The van der Waals surface area contributed by atoms with E-state index in [0.29, 0.717) is 12.8 Å². The molecule has 0 fully saturated rings. The Morgan fingerprint density at radius 2 is 1.61 bits per heavy atom. The minimum Gasteiger partial charge on any atom is -0.378 e. The molecule has 0 saturated carbocycles. The van der Waals surface area contributed by atoms with E-state index in [1.165, 1.54) is 0 Å². The largest absolute Gasteiger partial charge is 0.378 e. The van der Waals surface area contributed by atoms with Crippen molar-refractivity contribution >= 4 is 17.4 Å². The summed E-state index contributed by atoms with van der Waals surface area (Å²) in [5.74, 6) is 0.839. The first-order valence-electron chi connectivity index (χ1n) is 11.2. The van der Waals surface area contributed by atoms with Crippen molar-refractivity contribution in [3.8, 4) is 11.3 Å². The van der Waals surface area contributed by atoms with Gasteiger partial charge in [0, 0.05) is 38.2 Å². The molecular weight excluding hydrogens is 408 g/mol. The van der Waals surface area contributed by atoms with Gasteiger partial charge >= 0.3 is 11.7 Å². The Hall–Kier alpha value is -3.99. The molecule has 1 atom stereocenters. The fraction of sp³-hybridized carbons (Fsp3) is 0.179. The van der Waals surface area contributed by atoms with Crippen LogP contribution < -0.4 is 14.8 Å². The Kier molecular flexibility index (Phi) is 5.61. The predicted octanol–water partition coefficient (Wildman–Crippen LogP) is 4.37. The number of nitrogens with one attached hydrogen (secondary N) is 1. The molecular formula is C28H27N4O+. The molecule has 1 N–H and O–H groups in total. The van der Waals surface area contributed by atoms with Crippen molar-refractivity contribution in [2.24, 2.45) is 0 Å². The molecule has 3 aromatic carbocycles. The number of fused-ring (bicyclic) bond motifs is 1. The number of rotatable bonds is 6. The van der Waals surface area contributed by atoms with Gasteiger partial charge in [0.15, 0.2) is 6.04 Å². The normalized spacial score (nSPS) is 14.6. The molecule has 0 radical (unpaired) electrons. The molecule has 2 heterocycles. The van der Waals surface area contributed by atoms with Crippen LogP contribution in [0, 0.1) is 0 Å². The lowest BCUT2D eigenvalue weighted by molar-refractivity contribution is -0.552. The fourth-order valence-electron chi connectivity index (χ4n) is 4.27. The van der Waals surface area contributed by atoms with E-state index in [1.807, 2.05) is 74.9 Å². The maximum Gasteiger partial charge on any atom is 0.359 e. The molecule has 1 aliphatic heterocycles. The Morgan fingerprint density at radius 3 is 2.33 bits per heavy atom. The van der Waals surface area contributed by atoms with Crippen LogP contribution in [-0.4, -0.2) is 31.0 Å². The molecule has 1 aromatic heterocycles. The van der Waals surface area contributed by atoms with Crippen molar-refractivity contribution in [3.63, 3.8) is 0 Å². The van der Waals surface area contributed by atoms with Crippen LogP contribution in [0.3, 0.4) is 0 Å². The van der Waals surface area contributed by atoms with Gasteiger partial charge in [-0.25, -0.2) is 9.78 Å². The minimum atomic E-state index is -0.329. The van der Waals surface area contributed by atoms with E-state index < -0.39 is 0 Å². The SMILES string of the molecule is CN(C)c1cccc(CC2Nc3c(Cc4ccccc4)nc(-c4ccccc4)c[n+]3C2=O)c1. The van der Waals surface area contributed by atoms with Crippen LogP contribution >= 0.6 is 0 Å². The molecule has 33 heavy (non-hydrogen) atoms. The molecule has 0 amide bonds. The average molecular weight is 436 g/mol. The fourth-order valence-corrected chi connectivity index (χ4v) is 4.27. The van der Waals surface area contributed by atoms with Crippen molar-refractivity contribution in [2.75, 3.05) is 24.3 Å². The lowest BCUT2D eigenvalue weighted by atomic mass is 10.0. The summed E-state index contributed by atoms with van der Waals surface area (Å²) in [5.41, 5.74) is 6.09. The van der Waals surface area contributed by atoms with Crippen LogP contribution in [-0.2, 0) is 12.8 Å². The van der Waals surface area contributed by atoms with Crippen molar-refractivity contribution in [1.29, 1.82) is 0 Å². The van der Waals surface area contributed by atoms with Gasteiger partial charge in [-0.05, 0) is 23.3 Å². The van der Waals surface area contributed by atoms with Gasteiger partial charge in [-0.15, -0.1) is 0 Å². The van der Waals surface area contributed by atoms with Gasteiger partial charge < -0.3 is 4.90 Å². The smallest absolute Gasteiger partial charge is 0.359 e. The topological polar surface area (TPSA) is 49.1 Å². The Morgan fingerprint density at radius 1 is 0.909 bits per heavy atom. The molecule has 1 unspecified atom stereocenters. The van der Waals surface area contributed by atoms with Gasteiger partial charge in [-0.1, -0.05) is 72.8 Å². The van der Waals surface area contributed by atoms with Gasteiger partial charge in [-0.3, -0.25) is 5.32 Å². The molecule has 0 aliphatic carbocycles. The summed E-state index contributed by atoms with van der Waals surface area (Å²) in [7, 11) is 4.05. The maximum absolute atomic E-state index is 13.5. The zero-order valence-electron chi connectivity index (χ0n) is 18.9. The summed E-state index contributed by atoms with van der Waals surface area (Å²) in [6.45, 7) is 0. The van der Waals surface area contributed by atoms with E-state index in [0.717, 1.165) is 39.6 Å². The molecule has 5 heteroatoms. The lowest BCUT2D eigenvalue weighted by Gasteiger charge is -2.13. The number of carbonyl (C=O) groups excluding carboxylic acids is 1. The number of benzene rings is 3. The van der Waals surface area contributed by atoms with Gasteiger partial charge in [0.1, 0.15) is 17.6 Å². The van der Waals surface area contributed by atoms with E-state index in [9.17, 15) is 4.79 Å². The predicted molar refractivity (Wildman–Crippen MR) is 132 cm³/mol. The van der Waals surface area contributed by atoms with E-state index in [1.54, 1.807) is 4.57 Å². The van der Waals surface area contributed by atoms with E-state index in [2.05, 4.69) is 40.5 Å². The van der Waals surface area contributed by atoms with Crippen molar-refractivity contribution in [3.05, 3.63) is 108 Å². The van der Waals surface area contributed by atoms with Gasteiger partial charge in [-0.2, -0.15) is 4.57 Å². The summed E-state index contributed by atoms with van der Waals surface area (Å²) in [4.78, 5) is 20.5. The summed E-state index contributed by atoms with van der Waals surface area (Å²) in [6, 6.07) is 28.3. The second kappa shape index (κ2) is 8.87. The Balaban J connectivity index is 1.51. The van der Waals surface area contributed by atoms with Crippen LogP contribution in [0.25, 0.3) is 11.3 Å². The van der Waals surface area contributed by atoms with E-state index in [-0.39, 0.29) is 11.9 Å². The molecule has 0 spiro atoms. The quantitative estimate of drug-likeness (QED) is 0.457. The van der Waals surface area contributed by atoms with Crippen molar-refractivity contribution < 1.29 is 9.36 Å². The molecule has 4 aromatic rings. The zero-order valence-corrected chi connectivity index (χ0v) is 18.9. The van der Waals surface area contributed by atoms with Crippen molar-refractivity contribution in [2.45, 2.75) is 18.9 Å². The van der Waals surface area contributed by atoms with Gasteiger partial charge in [0.25, 0.3) is 0 Å². The van der Waals surface area contributed by atoms with Gasteiger partial charge in [0.05, 0.1) is 0 Å². The van der Waals surface area contributed by atoms with Crippen LogP contribution in [0.2, 0.25) is 0 Å². The first-order chi connectivity index (χ1) is 16.1. The Bertz CT molecular complexity index is 1290. The first-order valence-corrected chi connectivity index (χ1v) is 11.2. The standard InChI is InChI=1S/C28H26N4O/c1-31(2)23-15-9-12-21(16-23)18-25-28(33)32-19-26(22-13-7-4-8-14-22)29-24(27(32)30-25)17-20-10-5-3-6-11-20/h3-16,19,25H,17-18H2,1-2H3/p+1. The number of carbonyl (C=O) groups is 1. The zero-order chi connectivity index (χ0) is 22.8. The van der Waals surface area contributed by atoms with Gasteiger partial charge in [0.2, 0.25) is 0 Å². The highest BCUT2D eigenvalue weighted by Gasteiger charge is 2.41. The molecule has 164 valence electrons. The highest BCUT2D eigenvalue weighted by molar-refractivity contribution is 5.83. The third-order valence-electron chi connectivity index (χ3n) is 6.02. The second-order valence-corrected chi connectivity index (χ2v) is 8.62. The summed E-state index contributed by atoms with van der Waals surface area (Å²) >= 11 is 0. The van der Waals surface area contributed by atoms with Crippen LogP contribution in [0.15, 0.2) is 91.1 Å². The Labute approximate surface area is 194 Å². The third-order valence-corrected chi connectivity index (χ3v) is 6.02. The van der Waals surface area contributed by atoms with Crippen molar-refractivity contribution in [1.82, 2.24) is 4.98 Å². The average Bonchev–Trinajstić information content (AvgIpc) is 3.16. The highest BCUT2D eigenvalue weighted by Crippen LogP contribution is 2.25. The highest BCUT2D eigenvalue weighted by atomic mass is 16.2. The number of hydrogen-bond acceptors (Lipinski definition) is 4. The van der Waals surface area contributed by atoms with Crippen LogP contribution in [0.5, 0.6) is 0 Å². The van der Waals surface area contributed by atoms with Crippen LogP contribution in [0.4, 0.5) is 11.5 Å². The van der Waals surface area contributed by atoms with E-state index in [4.69, 9.17) is 4.98 Å². The number of hydrogen-bond donors (Lipinski definition) is 1. The third kappa shape index (κ3) is 4.35. The summed E-state index contributed by atoms with van der Waals surface area (Å²) < 4.78 is 1.76. The number of aromatic nitrogens is 2. The summed E-state index contributed by atoms with van der Waals surface area (Å²) in [5, 5.41) is 3.49. The maximum atomic E-state index is 13.5. The molecule has 1 aliphatic rings. The lowest BCUT2D eigenvalue weighted by Crippen LogP contribution is -2.44. The first kappa shape index (κ1) is 20.9. The number of nitrogens with zero attached hydrogens (tertiary/aromatic N) is 3. The molecule has 5 rings (SSSR count). The second-order valence-electron chi connectivity index (χ2n) is 8.62. The molecule has 0 saturated heterocycles. The molecule has 5 nitrogen and oxygen atoms in total. The van der Waals surface area contributed by atoms with Crippen LogP contribution in [0.1, 0.15) is 21.6 Å². The monoisotopic (exact) mass is 435 g/mol. The summed E-state index contributed by atoms with van der Waals surface area (Å²) in [6.07, 6.45) is 3.14. The minimum absolute atomic E-state index is 0.0501. The number of anilines is 2.